The average molecular weight is 254 g/mol. The van der Waals surface area contributed by atoms with Crippen molar-refractivity contribution >= 4 is 0 Å². The van der Waals surface area contributed by atoms with Crippen molar-refractivity contribution in [2.45, 2.75) is 37.4 Å². The molecule has 4 N–H and O–H groups in total. The van der Waals surface area contributed by atoms with E-state index in [1.165, 1.54) is 0 Å². The first kappa shape index (κ1) is 13.5. The molecular formula is C13H18O5. The quantitative estimate of drug-likeness (QED) is 0.572. The van der Waals surface area contributed by atoms with Crippen LogP contribution in [0.1, 0.15) is 17.2 Å². The van der Waals surface area contributed by atoms with Crippen LogP contribution in [0.2, 0.25) is 0 Å². The van der Waals surface area contributed by atoms with Crippen molar-refractivity contribution in [3.63, 3.8) is 0 Å². The molecule has 0 amide bonds. The minimum Gasteiger partial charge on any atom is -0.394 e. The van der Waals surface area contributed by atoms with E-state index in [0.29, 0.717) is 5.56 Å². The average Bonchev–Trinajstić information content (AvgIpc) is 2.38. The molecule has 1 saturated heterocycles. The van der Waals surface area contributed by atoms with Crippen LogP contribution >= 0.6 is 0 Å². The Morgan fingerprint density at radius 2 is 1.61 bits per heavy atom. The van der Waals surface area contributed by atoms with Crippen molar-refractivity contribution in [1.82, 2.24) is 0 Å². The molecule has 1 aliphatic rings. The maximum atomic E-state index is 9.93. The molecule has 5 atom stereocenters. The molecule has 0 saturated carbocycles. The number of hydrogen-bond donors (Lipinski definition) is 4. The van der Waals surface area contributed by atoms with E-state index >= 15 is 0 Å². The van der Waals surface area contributed by atoms with E-state index in [9.17, 15) is 15.3 Å². The van der Waals surface area contributed by atoms with Gasteiger partial charge in [-0.05, 0) is 12.5 Å². The van der Waals surface area contributed by atoms with Crippen LogP contribution in [0.25, 0.3) is 0 Å². The van der Waals surface area contributed by atoms with Crippen molar-refractivity contribution in [2.24, 2.45) is 0 Å². The number of aliphatic hydroxyl groups is 4. The number of benzene rings is 1. The molecule has 1 fully saturated rings. The monoisotopic (exact) mass is 254 g/mol. The van der Waals surface area contributed by atoms with E-state index in [2.05, 4.69) is 0 Å². The van der Waals surface area contributed by atoms with Gasteiger partial charge < -0.3 is 25.2 Å². The van der Waals surface area contributed by atoms with Crippen molar-refractivity contribution in [2.75, 3.05) is 6.61 Å². The Bertz CT molecular complexity index is 389. The minimum absolute atomic E-state index is 0.409. The maximum absolute atomic E-state index is 9.93. The van der Waals surface area contributed by atoms with Crippen LogP contribution in [0.15, 0.2) is 24.3 Å². The van der Waals surface area contributed by atoms with Crippen molar-refractivity contribution in [3.8, 4) is 0 Å². The van der Waals surface area contributed by atoms with E-state index < -0.39 is 37.1 Å². The standard InChI is InChI=1S/C13H18O5/c1-7-2-4-8(5-3-7)13-12(17)11(16)10(15)9(6-14)18-13/h2-5,9-17H,6H2,1H3/t9-,10-,11+,12+,13-/m1/s1. The second kappa shape index (κ2) is 5.34. The van der Waals surface area contributed by atoms with Gasteiger partial charge in [-0.25, -0.2) is 0 Å². The predicted molar refractivity (Wildman–Crippen MR) is 63.9 cm³/mol. The zero-order chi connectivity index (χ0) is 13.3. The van der Waals surface area contributed by atoms with E-state index in [4.69, 9.17) is 9.84 Å². The zero-order valence-electron chi connectivity index (χ0n) is 10.1. The molecule has 0 aromatic heterocycles. The smallest absolute Gasteiger partial charge is 0.113 e. The lowest BCUT2D eigenvalue weighted by Crippen LogP contribution is -2.55. The molecule has 18 heavy (non-hydrogen) atoms. The summed E-state index contributed by atoms with van der Waals surface area (Å²) in [5, 5.41) is 38.4. The SMILES string of the molecule is Cc1ccc([C@H]2O[C@H](CO)[C@@H](O)[C@H](O)[C@@H]2O)cc1. The van der Waals surface area contributed by atoms with Crippen molar-refractivity contribution < 1.29 is 25.2 Å². The molecule has 0 spiro atoms. The summed E-state index contributed by atoms with van der Waals surface area (Å²) >= 11 is 0. The zero-order valence-corrected chi connectivity index (χ0v) is 10.1. The lowest BCUT2D eigenvalue weighted by Gasteiger charge is -2.40. The molecule has 0 bridgehead atoms. The molecule has 1 heterocycles. The summed E-state index contributed by atoms with van der Waals surface area (Å²) in [5.41, 5.74) is 1.78. The summed E-state index contributed by atoms with van der Waals surface area (Å²) in [6.45, 7) is 1.53. The molecule has 0 radical (unpaired) electrons. The van der Waals surface area contributed by atoms with Gasteiger partial charge in [-0.1, -0.05) is 29.8 Å². The minimum atomic E-state index is -1.33. The van der Waals surface area contributed by atoms with Gasteiger partial charge in [0.25, 0.3) is 0 Å². The Hall–Kier alpha value is -0.980. The lowest BCUT2D eigenvalue weighted by atomic mass is 9.91. The van der Waals surface area contributed by atoms with E-state index in [1.807, 2.05) is 19.1 Å². The van der Waals surface area contributed by atoms with Crippen LogP contribution in [0.3, 0.4) is 0 Å². The number of ether oxygens (including phenoxy) is 1. The third-order valence-corrected chi connectivity index (χ3v) is 3.30. The van der Waals surface area contributed by atoms with Gasteiger partial charge in [0.05, 0.1) is 6.61 Å². The molecule has 1 aromatic carbocycles. The number of hydrogen-bond acceptors (Lipinski definition) is 5. The number of rotatable bonds is 2. The lowest BCUT2D eigenvalue weighted by molar-refractivity contribution is -0.231. The summed E-state index contributed by atoms with van der Waals surface area (Å²) < 4.78 is 5.45. The van der Waals surface area contributed by atoms with Gasteiger partial charge in [-0.2, -0.15) is 0 Å². The third-order valence-electron chi connectivity index (χ3n) is 3.30. The molecule has 100 valence electrons. The van der Waals surface area contributed by atoms with Gasteiger partial charge in [0.2, 0.25) is 0 Å². The molecular weight excluding hydrogens is 236 g/mol. The molecule has 1 aliphatic heterocycles. The van der Waals surface area contributed by atoms with Gasteiger partial charge in [0.1, 0.15) is 30.5 Å². The van der Waals surface area contributed by atoms with Crippen LogP contribution in [0, 0.1) is 6.92 Å². The second-order valence-electron chi connectivity index (χ2n) is 4.66. The van der Waals surface area contributed by atoms with E-state index in [-0.39, 0.29) is 0 Å². The molecule has 2 rings (SSSR count). The first-order valence-corrected chi connectivity index (χ1v) is 5.91. The highest BCUT2D eigenvalue weighted by atomic mass is 16.5. The van der Waals surface area contributed by atoms with E-state index in [0.717, 1.165) is 5.56 Å². The Kier molecular flexibility index (Phi) is 3.99. The largest absolute Gasteiger partial charge is 0.394 e. The Balaban J connectivity index is 2.24. The fourth-order valence-corrected chi connectivity index (χ4v) is 2.13. The van der Waals surface area contributed by atoms with Gasteiger partial charge in [-0.15, -0.1) is 0 Å². The van der Waals surface area contributed by atoms with Crippen LogP contribution < -0.4 is 0 Å². The Morgan fingerprint density at radius 3 is 2.17 bits per heavy atom. The van der Waals surface area contributed by atoms with Gasteiger partial charge in [0, 0.05) is 0 Å². The molecule has 0 aliphatic carbocycles. The predicted octanol–water partition coefficient (Wildman–Crippen LogP) is -0.490. The fourth-order valence-electron chi connectivity index (χ4n) is 2.13. The van der Waals surface area contributed by atoms with Crippen LogP contribution in [-0.4, -0.2) is 51.4 Å². The normalized spacial score (nSPS) is 36.6. The molecule has 0 unspecified atom stereocenters. The summed E-state index contributed by atoms with van der Waals surface area (Å²) in [5.74, 6) is 0. The highest BCUT2D eigenvalue weighted by molar-refractivity contribution is 5.25. The Labute approximate surface area is 105 Å². The summed E-state index contributed by atoms with van der Waals surface area (Å²) in [6, 6.07) is 7.33. The topological polar surface area (TPSA) is 90.2 Å². The molecule has 5 heteroatoms. The first-order chi connectivity index (χ1) is 8.54. The number of aliphatic hydroxyl groups excluding tert-OH is 4. The maximum Gasteiger partial charge on any atom is 0.113 e. The van der Waals surface area contributed by atoms with Crippen LogP contribution in [-0.2, 0) is 4.74 Å². The van der Waals surface area contributed by atoms with Gasteiger partial charge in [0.15, 0.2) is 0 Å². The summed E-state index contributed by atoms with van der Waals surface area (Å²) in [4.78, 5) is 0. The first-order valence-electron chi connectivity index (χ1n) is 5.91. The van der Waals surface area contributed by atoms with E-state index in [1.54, 1.807) is 12.1 Å². The Morgan fingerprint density at radius 1 is 1.00 bits per heavy atom. The highest BCUT2D eigenvalue weighted by Gasteiger charge is 2.43. The third kappa shape index (κ3) is 2.41. The highest BCUT2D eigenvalue weighted by Crippen LogP contribution is 2.32. The second-order valence-corrected chi connectivity index (χ2v) is 4.66. The van der Waals surface area contributed by atoms with Crippen LogP contribution in [0.5, 0.6) is 0 Å². The molecule has 5 nitrogen and oxygen atoms in total. The summed E-state index contributed by atoms with van der Waals surface area (Å²) in [6.07, 6.45) is -5.48. The number of aryl methyl sites for hydroxylation is 1. The van der Waals surface area contributed by atoms with Crippen molar-refractivity contribution in [3.05, 3.63) is 35.4 Å². The van der Waals surface area contributed by atoms with Gasteiger partial charge in [-0.3, -0.25) is 0 Å². The molecule has 1 aromatic rings. The van der Waals surface area contributed by atoms with Crippen molar-refractivity contribution in [1.29, 1.82) is 0 Å². The van der Waals surface area contributed by atoms with Gasteiger partial charge >= 0.3 is 0 Å². The van der Waals surface area contributed by atoms with Crippen LogP contribution in [0.4, 0.5) is 0 Å². The fraction of sp³-hybridized carbons (Fsp3) is 0.538. The summed E-state index contributed by atoms with van der Waals surface area (Å²) in [7, 11) is 0.